The fraction of sp³-hybridized carbons (Fsp3) is 0.800. The molecule has 2 aliphatic rings. The number of aryl methyl sites for hydroxylation is 2. The summed E-state index contributed by atoms with van der Waals surface area (Å²) >= 11 is 0. The zero-order valence-corrected chi connectivity index (χ0v) is 13.3. The molecule has 1 aliphatic heterocycles. The number of aromatic nitrogens is 2. The molecule has 0 aromatic carbocycles. The van der Waals surface area contributed by atoms with E-state index in [0.29, 0.717) is 6.10 Å². The first kappa shape index (κ1) is 14.8. The summed E-state index contributed by atoms with van der Waals surface area (Å²) in [7, 11) is 3.60. The van der Waals surface area contributed by atoms with E-state index >= 15 is 0 Å². The monoisotopic (exact) mass is 294 g/mol. The van der Waals surface area contributed by atoms with Gasteiger partial charge in [-0.25, -0.2) is 4.68 Å². The van der Waals surface area contributed by atoms with Crippen LogP contribution in [-0.2, 0) is 18.3 Å². The van der Waals surface area contributed by atoms with Gasteiger partial charge in [0.25, 0.3) is 0 Å². The van der Waals surface area contributed by atoms with Gasteiger partial charge in [0, 0.05) is 39.3 Å². The maximum absolute atomic E-state index is 5.86. The van der Waals surface area contributed by atoms with Crippen LogP contribution in [-0.4, -0.2) is 60.2 Å². The van der Waals surface area contributed by atoms with Crippen molar-refractivity contribution in [1.29, 1.82) is 0 Å². The van der Waals surface area contributed by atoms with Gasteiger partial charge >= 0.3 is 0 Å². The molecule has 1 saturated heterocycles. The number of nitrogens with one attached hydrogen (secondary N) is 1. The van der Waals surface area contributed by atoms with E-state index in [1.54, 1.807) is 11.8 Å². The fourth-order valence-electron chi connectivity index (χ4n) is 3.13. The van der Waals surface area contributed by atoms with Gasteiger partial charge in [-0.1, -0.05) is 0 Å². The number of rotatable bonds is 6. The average molecular weight is 294 g/mol. The van der Waals surface area contributed by atoms with Crippen LogP contribution in [0.4, 0.5) is 0 Å². The van der Waals surface area contributed by atoms with Crippen molar-refractivity contribution >= 4 is 0 Å². The third-order valence-electron chi connectivity index (χ3n) is 4.39. The summed E-state index contributed by atoms with van der Waals surface area (Å²) in [5.74, 6) is 0.837. The van der Waals surface area contributed by atoms with Crippen molar-refractivity contribution in [2.24, 2.45) is 7.05 Å². The Kier molecular flexibility index (Phi) is 4.47. The summed E-state index contributed by atoms with van der Waals surface area (Å²) < 4.78 is 13.1. The quantitative estimate of drug-likeness (QED) is 0.836. The highest BCUT2D eigenvalue weighted by molar-refractivity contribution is 5.30. The maximum Gasteiger partial charge on any atom is 0.216 e. The molecule has 2 fully saturated rings. The van der Waals surface area contributed by atoms with Crippen LogP contribution < -0.4 is 10.1 Å². The third kappa shape index (κ3) is 3.39. The molecule has 1 saturated carbocycles. The normalized spacial score (nSPS) is 23.5. The third-order valence-corrected chi connectivity index (χ3v) is 4.39. The molecule has 1 N–H and O–H groups in total. The van der Waals surface area contributed by atoms with Gasteiger partial charge in [0.15, 0.2) is 0 Å². The van der Waals surface area contributed by atoms with Gasteiger partial charge in [-0.15, -0.1) is 0 Å². The van der Waals surface area contributed by atoms with Crippen LogP contribution in [0.1, 0.15) is 24.1 Å². The minimum absolute atomic E-state index is 0.294. The molecule has 2 heterocycles. The first-order valence-electron chi connectivity index (χ1n) is 7.82. The molecular weight excluding hydrogens is 268 g/mol. The summed E-state index contributed by atoms with van der Waals surface area (Å²) in [5, 5.41) is 7.90. The number of hydrogen-bond acceptors (Lipinski definition) is 5. The molecule has 6 heteroatoms. The van der Waals surface area contributed by atoms with E-state index in [4.69, 9.17) is 9.47 Å². The SMILES string of the molecule is COc1c(CNCC2CN(C3CC3)CCO2)c(C)nn1C. The first-order valence-corrected chi connectivity index (χ1v) is 7.82. The van der Waals surface area contributed by atoms with Crippen molar-refractivity contribution in [2.45, 2.75) is 38.5 Å². The lowest BCUT2D eigenvalue weighted by Gasteiger charge is -2.33. The number of methoxy groups -OCH3 is 1. The number of hydrogen-bond donors (Lipinski definition) is 1. The summed E-state index contributed by atoms with van der Waals surface area (Å²) in [4.78, 5) is 2.58. The summed E-state index contributed by atoms with van der Waals surface area (Å²) in [6.45, 7) is 6.67. The summed E-state index contributed by atoms with van der Waals surface area (Å²) in [6, 6.07) is 0.831. The van der Waals surface area contributed by atoms with Crippen molar-refractivity contribution in [1.82, 2.24) is 20.0 Å². The second-order valence-electron chi connectivity index (χ2n) is 6.05. The highest BCUT2D eigenvalue weighted by atomic mass is 16.5. The predicted octanol–water partition coefficient (Wildman–Crippen LogP) is 0.690. The summed E-state index contributed by atoms with van der Waals surface area (Å²) in [6.07, 6.45) is 3.03. The van der Waals surface area contributed by atoms with E-state index in [0.717, 1.165) is 56.0 Å². The minimum atomic E-state index is 0.294. The van der Waals surface area contributed by atoms with E-state index in [1.165, 1.54) is 12.8 Å². The fourth-order valence-corrected chi connectivity index (χ4v) is 3.13. The summed E-state index contributed by atoms with van der Waals surface area (Å²) in [5.41, 5.74) is 2.15. The first-order chi connectivity index (χ1) is 10.2. The molecule has 6 nitrogen and oxygen atoms in total. The van der Waals surface area contributed by atoms with Gasteiger partial charge in [0.05, 0.1) is 31.1 Å². The second-order valence-corrected chi connectivity index (χ2v) is 6.05. The van der Waals surface area contributed by atoms with Crippen LogP contribution in [0.5, 0.6) is 5.88 Å². The molecule has 1 atom stereocenters. The zero-order chi connectivity index (χ0) is 14.8. The van der Waals surface area contributed by atoms with Gasteiger partial charge in [0.1, 0.15) is 0 Å². The number of morpholine rings is 1. The standard InChI is InChI=1S/C15H26N4O2/c1-11-14(15(20-3)18(2)17-11)9-16-8-13-10-19(6-7-21-13)12-4-5-12/h12-13,16H,4-10H2,1-3H3. The Hall–Kier alpha value is -1.11. The van der Waals surface area contributed by atoms with Crippen LogP contribution in [0.25, 0.3) is 0 Å². The van der Waals surface area contributed by atoms with E-state index in [-0.39, 0.29) is 0 Å². The van der Waals surface area contributed by atoms with Crippen LogP contribution in [0, 0.1) is 6.92 Å². The Balaban J connectivity index is 1.49. The molecule has 1 aromatic heterocycles. The molecule has 1 unspecified atom stereocenters. The molecule has 1 aromatic rings. The molecule has 0 radical (unpaired) electrons. The lowest BCUT2D eigenvalue weighted by atomic mass is 10.2. The highest BCUT2D eigenvalue weighted by Crippen LogP contribution is 2.28. The molecule has 118 valence electrons. The lowest BCUT2D eigenvalue weighted by molar-refractivity contribution is -0.0301. The molecule has 0 spiro atoms. The van der Waals surface area contributed by atoms with E-state index in [1.807, 2.05) is 14.0 Å². The van der Waals surface area contributed by atoms with Crippen LogP contribution in [0.2, 0.25) is 0 Å². The smallest absolute Gasteiger partial charge is 0.216 e. The Morgan fingerprint density at radius 3 is 2.95 bits per heavy atom. The van der Waals surface area contributed by atoms with Crippen molar-refractivity contribution in [3.8, 4) is 5.88 Å². The van der Waals surface area contributed by atoms with E-state index < -0.39 is 0 Å². The lowest BCUT2D eigenvalue weighted by Crippen LogP contribution is -2.47. The number of nitrogens with zero attached hydrogens (tertiary/aromatic N) is 3. The van der Waals surface area contributed by atoms with Crippen molar-refractivity contribution in [2.75, 3.05) is 33.4 Å². The van der Waals surface area contributed by atoms with Crippen LogP contribution >= 0.6 is 0 Å². The molecule has 1 aliphatic carbocycles. The van der Waals surface area contributed by atoms with Gasteiger partial charge < -0.3 is 14.8 Å². The molecule has 0 amide bonds. The largest absolute Gasteiger partial charge is 0.481 e. The van der Waals surface area contributed by atoms with Gasteiger partial charge in [-0.3, -0.25) is 4.90 Å². The number of ether oxygens (including phenoxy) is 2. The van der Waals surface area contributed by atoms with Crippen molar-refractivity contribution in [3.05, 3.63) is 11.3 Å². The zero-order valence-electron chi connectivity index (χ0n) is 13.3. The Morgan fingerprint density at radius 1 is 1.43 bits per heavy atom. The Morgan fingerprint density at radius 2 is 2.24 bits per heavy atom. The van der Waals surface area contributed by atoms with Crippen molar-refractivity contribution < 1.29 is 9.47 Å². The molecule has 21 heavy (non-hydrogen) atoms. The van der Waals surface area contributed by atoms with Crippen LogP contribution in [0.3, 0.4) is 0 Å². The van der Waals surface area contributed by atoms with Crippen LogP contribution in [0.15, 0.2) is 0 Å². The Bertz CT molecular complexity index is 484. The van der Waals surface area contributed by atoms with E-state index in [2.05, 4.69) is 15.3 Å². The highest BCUT2D eigenvalue weighted by Gasteiger charge is 2.32. The minimum Gasteiger partial charge on any atom is -0.481 e. The molecule has 0 bridgehead atoms. The predicted molar refractivity (Wildman–Crippen MR) is 80.5 cm³/mol. The molecule has 3 rings (SSSR count). The van der Waals surface area contributed by atoms with Gasteiger partial charge in [-0.05, 0) is 19.8 Å². The van der Waals surface area contributed by atoms with Gasteiger partial charge in [-0.2, -0.15) is 5.10 Å². The van der Waals surface area contributed by atoms with E-state index in [9.17, 15) is 0 Å². The molecular formula is C15H26N4O2. The topological polar surface area (TPSA) is 51.6 Å². The van der Waals surface area contributed by atoms with Gasteiger partial charge in [0.2, 0.25) is 5.88 Å². The maximum atomic E-state index is 5.86. The Labute approximate surface area is 126 Å². The second kappa shape index (κ2) is 6.34. The average Bonchev–Trinajstić information content (AvgIpc) is 3.27. The van der Waals surface area contributed by atoms with Crippen molar-refractivity contribution in [3.63, 3.8) is 0 Å².